The topological polar surface area (TPSA) is 9.23 Å². The highest BCUT2D eigenvalue weighted by atomic mass is 16.5. The first-order valence-electron chi connectivity index (χ1n) is 4.99. The van der Waals surface area contributed by atoms with E-state index in [1.54, 1.807) is 0 Å². The van der Waals surface area contributed by atoms with Crippen molar-refractivity contribution in [2.45, 2.75) is 26.2 Å². The quantitative estimate of drug-likeness (QED) is 0.593. The first kappa shape index (κ1) is 10.3. The molecule has 1 aromatic carbocycles. The highest BCUT2D eigenvalue weighted by Gasteiger charge is 1.94. The Kier molecular flexibility index (Phi) is 5.27. The predicted octanol–water partition coefficient (Wildman–Crippen LogP) is 3.18. The van der Waals surface area contributed by atoms with Crippen LogP contribution in [0.15, 0.2) is 30.3 Å². The molecule has 1 fully saturated rings. The van der Waals surface area contributed by atoms with E-state index in [2.05, 4.69) is 19.1 Å². The summed E-state index contributed by atoms with van der Waals surface area (Å²) in [7, 11) is 0. The fourth-order valence-corrected chi connectivity index (χ4v) is 1.22. The lowest BCUT2D eigenvalue weighted by Gasteiger charge is -2.08. The summed E-state index contributed by atoms with van der Waals surface area (Å²) >= 11 is 0. The molecule has 1 aliphatic heterocycles. The van der Waals surface area contributed by atoms with Gasteiger partial charge in [-0.15, -0.1) is 0 Å². The molecule has 0 atom stereocenters. The summed E-state index contributed by atoms with van der Waals surface area (Å²) in [6.07, 6.45) is 3.93. The highest BCUT2D eigenvalue weighted by Crippen LogP contribution is 2.02. The van der Waals surface area contributed by atoms with Crippen molar-refractivity contribution < 1.29 is 4.74 Å². The number of rotatable bonds is 0. The van der Waals surface area contributed by atoms with Gasteiger partial charge in [-0.3, -0.25) is 0 Å². The summed E-state index contributed by atoms with van der Waals surface area (Å²) in [5.41, 5.74) is 1.32. The van der Waals surface area contributed by atoms with E-state index in [-0.39, 0.29) is 0 Å². The van der Waals surface area contributed by atoms with Crippen molar-refractivity contribution in [1.82, 2.24) is 0 Å². The molecular weight excluding hydrogens is 160 g/mol. The zero-order valence-electron chi connectivity index (χ0n) is 8.33. The van der Waals surface area contributed by atoms with Gasteiger partial charge in [0.1, 0.15) is 0 Å². The van der Waals surface area contributed by atoms with Crippen molar-refractivity contribution in [3.63, 3.8) is 0 Å². The molecule has 0 saturated carbocycles. The number of benzene rings is 1. The van der Waals surface area contributed by atoms with E-state index < -0.39 is 0 Å². The first-order valence-corrected chi connectivity index (χ1v) is 4.99. The van der Waals surface area contributed by atoms with Gasteiger partial charge in [0.05, 0.1) is 0 Å². The summed E-state index contributed by atoms with van der Waals surface area (Å²) in [6.45, 7) is 4.08. The Labute approximate surface area is 80.7 Å². The Morgan fingerprint density at radius 2 is 1.54 bits per heavy atom. The van der Waals surface area contributed by atoms with Crippen molar-refractivity contribution >= 4 is 0 Å². The molecule has 1 nitrogen and oxygen atoms in total. The molecule has 1 heterocycles. The fraction of sp³-hybridized carbons (Fsp3) is 0.500. The van der Waals surface area contributed by atoms with Gasteiger partial charge in [0.2, 0.25) is 0 Å². The molecule has 13 heavy (non-hydrogen) atoms. The van der Waals surface area contributed by atoms with Gasteiger partial charge in [-0.25, -0.2) is 0 Å². The van der Waals surface area contributed by atoms with Gasteiger partial charge < -0.3 is 4.74 Å². The lowest BCUT2D eigenvalue weighted by Crippen LogP contribution is -2.03. The number of aryl methyl sites for hydroxylation is 1. The lowest BCUT2D eigenvalue weighted by molar-refractivity contribution is 0.0968. The van der Waals surface area contributed by atoms with E-state index >= 15 is 0 Å². The molecule has 0 unspecified atom stereocenters. The third kappa shape index (κ3) is 5.42. The van der Waals surface area contributed by atoms with Crippen LogP contribution in [-0.2, 0) is 4.74 Å². The van der Waals surface area contributed by atoms with Crippen LogP contribution < -0.4 is 0 Å². The van der Waals surface area contributed by atoms with Crippen molar-refractivity contribution in [3.05, 3.63) is 35.9 Å². The Morgan fingerprint density at radius 3 is 1.77 bits per heavy atom. The lowest BCUT2D eigenvalue weighted by atomic mass is 10.2. The Morgan fingerprint density at radius 1 is 0.923 bits per heavy atom. The average Bonchev–Trinajstić information content (AvgIpc) is 2.22. The molecule has 72 valence electrons. The second-order valence-electron chi connectivity index (χ2n) is 3.33. The molecular formula is C12H18O. The third-order valence-corrected chi connectivity index (χ3v) is 2.02. The van der Waals surface area contributed by atoms with Gasteiger partial charge >= 0.3 is 0 Å². The zero-order chi connectivity index (χ0) is 9.36. The predicted molar refractivity (Wildman–Crippen MR) is 55.8 cm³/mol. The molecule has 0 radical (unpaired) electrons. The van der Waals surface area contributed by atoms with Gasteiger partial charge in [-0.2, -0.15) is 0 Å². The molecule has 1 heteroatoms. The summed E-state index contributed by atoms with van der Waals surface area (Å²) in [6, 6.07) is 10.3. The Hall–Kier alpha value is -0.820. The van der Waals surface area contributed by atoms with E-state index in [9.17, 15) is 0 Å². The Bertz CT molecular complexity index is 190. The van der Waals surface area contributed by atoms with Crippen LogP contribution in [0.2, 0.25) is 0 Å². The number of hydrogen-bond donors (Lipinski definition) is 0. The molecule has 0 aliphatic carbocycles. The molecule has 2 rings (SSSR count). The SMILES string of the molecule is C1CCOCC1.Cc1ccccc1. The largest absolute Gasteiger partial charge is 0.381 e. The third-order valence-electron chi connectivity index (χ3n) is 2.02. The van der Waals surface area contributed by atoms with Gasteiger partial charge in [0.15, 0.2) is 0 Å². The van der Waals surface area contributed by atoms with Crippen molar-refractivity contribution in [2.75, 3.05) is 13.2 Å². The van der Waals surface area contributed by atoms with Gasteiger partial charge in [0.25, 0.3) is 0 Å². The van der Waals surface area contributed by atoms with E-state index in [1.807, 2.05) is 18.2 Å². The second-order valence-corrected chi connectivity index (χ2v) is 3.33. The molecule has 0 aromatic heterocycles. The Balaban J connectivity index is 0.000000132. The van der Waals surface area contributed by atoms with Crippen LogP contribution >= 0.6 is 0 Å². The molecule has 1 saturated heterocycles. The van der Waals surface area contributed by atoms with Crippen LogP contribution in [0.3, 0.4) is 0 Å². The maximum absolute atomic E-state index is 5.07. The molecule has 1 aromatic rings. The van der Waals surface area contributed by atoms with Gasteiger partial charge in [-0.05, 0) is 26.2 Å². The van der Waals surface area contributed by atoms with E-state index in [4.69, 9.17) is 4.74 Å². The molecule has 0 spiro atoms. The minimum Gasteiger partial charge on any atom is -0.381 e. The minimum absolute atomic E-state index is 1.00. The maximum atomic E-state index is 5.07. The van der Waals surface area contributed by atoms with Crippen LogP contribution in [0, 0.1) is 6.92 Å². The number of hydrogen-bond acceptors (Lipinski definition) is 1. The molecule has 0 bridgehead atoms. The van der Waals surface area contributed by atoms with Crippen molar-refractivity contribution in [1.29, 1.82) is 0 Å². The summed E-state index contributed by atoms with van der Waals surface area (Å²) in [5, 5.41) is 0. The monoisotopic (exact) mass is 178 g/mol. The smallest absolute Gasteiger partial charge is 0.0466 e. The van der Waals surface area contributed by atoms with Gasteiger partial charge in [-0.1, -0.05) is 35.9 Å². The minimum atomic E-state index is 1.00. The van der Waals surface area contributed by atoms with Crippen LogP contribution in [0.25, 0.3) is 0 Å². The summed E-state index contributed by atoms with van der Waals surface area (Å²) < 4.78 is 5.07. The summed E-state index contributed by atoms with van der Waals surface area (Å²) in [5.74, 6) is 0. The first-order chi connectivity index (χ1) is 6.39. The van der Waals surface area contributed by atoms with Crippen molar-refractivity contribution in [3.8, 4) is 0 Å². The van der Waals surface area contributed by atoms with Crippen molar-refractivity contribution in [2.24, 2.45) is 0 Å². The normalized spacial score (nSPS) is 15.8. The fourth-order valence-electron chi connectivity index (χ4n) is 1.22. The average molecular weight is 178 g/mol. The molecule has 0 amide bonds. The van der Waals surface area contributed by atoms with Gasteiger partial charge in [0, 0.05) is 13.2 Å². The zero-order valence-corrected chi connectivity index (χ0v) is 8.33. The standard InChI is InChI=1S/C7H8.C5H10O/c1-7-5-3-2-4-6-7;1-2-4-6-5-3-1/h2-6H,1H3;1-5H2. The maximum Gasteiger partial charge on any atom is 0.0466 e. The summed E-state index contributed by atoms with van der Waals surface area (Å²) in [4.78, 5) is 0. The van der Waals surface area contributed by atoms with Crippen LogP contribution in [0.1, 0.15) is 24.8 Å². The number of ether oxygens (including phenoxy) is 1. The van der Waals surface area contributed by atoms with E-state index in [1.165, 1.54) is 24.8 Å². The van der Waals surface area contributed by atoms with E-state index in [0.717, 1.165) is 13.2 Å². The highest BCUT2D eigenvalue weighted by molar-refractivity contribution is 5.11. The van der Waals surface area contributed by atoms with Crippen LogP contribution in [0.5, 0.6) is 0 Å². The second kappa shape index (κ2) is 6.67. The van der Waals surface area contributed by atoms with Crippen LogP contribution in [-0.4, -0.2) is 13.2 Å². The molecule has 0 N–H and O–H groups in total. The van der Waals surface area contributed by atoms with Crippen LogP contribution in [0.4, 0.5) is 0 Å². The van der Waals surface area contributed by atoms with E-state index in [0.29, 0.717) is 0 Å². The molecule has 1 aliphatic rings.